The van der Waals surface area contributed by atoms with Gasteiger partial charge in [0.25, 0.3) is 0 Å². The smallest absolute Gasteiger partial charge is 0.103 e. The highest BCUT2D eigenvalue weighted by atomic mass is 16.3. The van der Waals surface area contributed by atoms with Crippen molar-refractivity contribution in [1.82, 2.24) is 0 Å². The molecule has 0 aliphatic carbocycles. The summed E-state index contributed by atoms with van der Waals surface area (Å²) in [5, 5.41) is 11.7. The van der Waals surface area contributed by atoms with Gasteiger partial charge >= 0.3 is 0 Å². The predicted octanol–water partition coefficient (Wildman–Crippen LogP) is 3.56. The van der Waals surface area contributed by atoms with Gasteiger partial charge < -0.3 is 0 Å². The molecule has 0 atom stereocenters. The van der Waals surface area contributed by atoms with Crippen molar-refractivity contribution < 1.29 is 5.11 Å². The molecule has 0 aromatic carbocycles. The Bertz CT molecular complexity index is 84.9. The molecule has 1 radical (unpaired) electrons. The largest absolute Gasteiger partial charge is 0.230 e. The summed E-state index contributed by atoms with van der Waals surface area (Å²) in [6, 6.07) is 0. The van der Waals surface area contributed by atoms with Crippen LogP contribution in [-0.4, -0.2) is 5.60 Å². The fraction of sp³-hybridized carbons (Fsp3) is 1.00. The minimum Gasteiger partial charge on any atom is -0.230 e. The third-order valence-electron chi connectivity index (χ3n) is 2.52. The van der Waals surface area contributed by atoms with Gasteiger partial charge in [0.05, 0.1) is 0 Å². The van der Waals surface area contributed by atoms with Crippen LogP contribution in [0.3, 0.4) is 0 Å². The second-order valence-electron chi connectivity index (χ2n) is 3.35. The summed E-state index contributed by atoms with van der Waals surface area (Å²) >= 11 is 0. The molecule has 0 unspecified atom stereocenters. The van der Waals surface area contributed by atoms with E-state index in [1.54, 1.807) is 0 Å². The van der Waals surface area contributed by atoms with Gasteiger partial charge in [-0.15, -0.1) is 0 Å². The van der Waals surface area contributed by atoms with Crippen LogP contribution in [0.25, 0.3) is 0 Å². The van der Waals surface area contributed by atoms with Gasteiger partial charge in [0, 0.05) is 0 Å². The van der Waals surface area contributed by atoms with Crippen molar-refractivity contribution in [3.05, 3.63) is 0 Å². The zero-order valence-corrected chi connectivity index (χ0v) is 8.15. The molecule has 0 aliphatic rings. The van der Waals surface area contributed by atoms with Crippen LogP contribution in [0.2, 0.25) is 0 Å². The molecular weight excluding hydrogens is 136 g/mol. The maximum absolute atomic E-state index is 11.7. The van der Waals surface area contributed by atoms with Crippen molar-refractivity contribution in [3.8, 4) is 0 Å². The fourth-order valence-corrected chi connectivity index (χ4v) is 1.30. The van der Waals surface area contributed by atoms with Gasteiger partial charge in [-0.2, -0.15) is 0 Å². The Balaban J connectivity index is 3.51. The zero-order valence-electron chi connectivity index (χ0n) is 8.15. The van der Waals surface area contributed by atoms with Crippen molar-refractivity contribution in [3.63, 3.8) is 0 Å². The molecule has 0 amide bonds. The first-order chi connectivity index (χ1) is 5.18. The van der Waals surface area contributed by atoms with Crippen LogP contribution >= 0.6 is 0 Å². The van der Waals surface area contributed by atoms with Crippen LogP contribution in [0.4, 0.5) is 0 Å². The van der Waals surface area contributed by atoms with E-state index in [4.69, 9.17) is 0 Å². The highest BCUT2D eigenvalue weighted by molar-refractivity contribution is 4.73. The SMILES string of the molecule is CCCCCC([O])(CC)CC. The number of rotatable bonds is 6. The third kappa shape index (κ3) is 4.41. The van der Waals surface area contributed by atoms with Gasteiger partial charge in [-0.3, -0.25) is 0 Å². The highest BCUT2D eigenvalue weighted by Gasteiger charge is 2.23. The highest BCUT2D eigenvalue weighted by Crippen LogP contribution is 2.22. The summed E-state index contributed by atoms with van der Waals surface area (Å²) in [5.41, 5.74) is -0.616. The van der Waals surface area contributed by atoms with Crippen molar-refractivity contribution >= 4 is 0 Å². The first-order valence-corrected chi connectivity index (χ1v) is 4.89. The van der Waals surface area contributed by atoms with Gasteiger partial charge in [-0.25, -0.2) is 5.11 Å². The van der Waals surface area contributed by atoms with E-state index in [1.165, 1.54) is 12.8 Å². The third-order valence-corrected chi connectivity index (χ3v) is 2.52. The molecule has 67 valence electrons. The van der Waals surface area contributed by atoms with Gasteiger partial charge in [-0.05, 0) is 19.3 Å². The second kappa shape index (κ2) is 5.59. The van der Waals surface area contributed by atoms with Crippen LogP contribution in [0.5, 0.6) is 0 Å². The number of hydrogen-bond acceptors (Lipinski definition) is 0. The van der Waals surface area contributed by atoms with E-state index in [9.17, 15) is 5.11 Å². The molecule has 0 saturated carbocycles. The normalized spacial score (nSPS) is 12.0. The van der Waals surface area contributed by atoms with E-state index in [0.29, 0.717) is 0 Å². The minimum atomic E-state index is -0.616. The number of hydrogen-bond donors (Lipinski definition) is 0. The van der Waals surface area contributed by atoms with Crippen LogP contribution in [-0.2, 0) is 5.11 Å². The lowest BCUT2D eigenvalue weighted by molar-refractivity contribution is -0.0448. The Kier molecular flexibility index (Phi) is 5.57. The molecule has 0 fully saturated rings. The molecule has 11 heavy (non-hydrogen) atoms. The van der Waals surface area contributed by atoms with E-state index in [-0.39, 0.29) is 0 Å². The van der Waals surface area contributed by atoms with Crippen LogP contribution < -0.4 is 0 Å². The summed E-state index contributed by atoms with van der Waals surface area (Å²) in [6.45, 7) is 6.18. The van der Waals surface area contributed by atoms with E-state index in [1.807, 2.05) is 13.8 Å². The molecule has 0 spiro atoms. The summed E-state index contributed by atoms with van der Waals surface area (Å²) in [5.74, 6) is 0. The Labute approximate surface area is 70.8 Å². The molecule has 1 nitrogen and oxygen atoms in total. The topological polar surface area (TPSA) is 19.9 Å². The first kappa shape index (κ1) is 11.0. The monoisotopic (exact) mass is 157 g/mol. The Hall–Kier alpha value is -0.0400. The van der Waals surface area contributed by atoms with E-state index in [2.05, 4.69) is 6.92 Å². The molecule has 0 aliphatic heterocycles. The van der Waals surface area contributed by atoms with Gasteiger partial charge in [0.2, 0.25) is 0 Å². The summed E-state index contributed by atoms with van der Waals surface area (Å²) in [4.78, 5) is 0. The quantitative estimate of drug-likeness (QED) is 0.525. The van der Waals surface area contributed by atoms with Gasteiger partial charge in [0.1, 0.15) is 5.60 Å². The Morgan fingerprint density at radius 3 is 1.91 bits per heavy atom. The molecule has 0 heterocycles. The zero-order chi connectivity index (χ0) is 8.74. The van der Waals surface area contributed by atoms with Crippen LogP contribution in [0.15, 0.2) is 0 Å². The molecule has 0 bridgehead atoms. The minimum absolute atomic E-state index is 0.616. The van der Waals surface area contributed by atoms with Crippen molar-refractivity contribution in [2.75, 3.05) is 0 Å². The Morgan fingerprint density at radius 1 is 1.00 bits per heavy atom. The van der Waals surface area contributed by atoms with Gasteiger partial charge in [-0.1, -0.05) is 40.0 Å². The molecular formula is C10H21O. The predicted molar refractivity (Wildman–Crippen MR) is 48.1 cm³/mol. The average Bonchev–Trinajstić information content (AvgIpc) is 2.05. The van der Waals surface area contributed by atoms with Crippen molar-refractivity contribution in [2.45, 2.75) is 64.9 Å². The molecule has 1 heteroatoms. The van der Waals surface area contributed by atoms with E-state index < -0.39 is 5.60 Å². The second-order valence-corrected chi connectivity index (χ2v) is 3.35. The van der Waals surface area contributed by atoms with Gasteiger partial charge in [0.15, 0.2) is 0 Å². The molecule has 0 saturated heterocycles. The summed E-state index contributed by atoms with van der Waals surface area (Å²) in [7, 11) is 0. The van der Waals surface area contributed by atoms with E-state index >= 15 is 0 Å². The standard InChI is InChI=1S/C10H21O/c1-4-7-8-9-10(11,5-2)6-3/h4-9H2,1-3H3. The van der Waals surface area contributed by atoms with Crippen LogP contribution in [0, 0.1) is 0 Å². The van der Waals surface area contributed by atoms with Crippen LogP contribution in [0.1, 0.15) is 59.3 Å². The van der Waals surface area contributed by atoms with Crippen molar-refractivity contribution in [2.24, 2.45) is 0 Å². The molecule has 0 N–H and O–H groups in total. The lowest BCUT2D eigenvalue weighted by Gasteiger charge is -2.21. The number of unbranched alkanes of at least 4 members (excludes halogenated alkanes) is 2. The Morgan fingerprint density at radius 2 is 1.55 bits per heavy atom. The maximum atomic E-state index is 11.7. The molecule has 0 aromatic rings. The average molecular weight is 157 g/mol. The lowest BCUT2D eigenvalue weighted by Crippen LogP contribution is -2.24. The lowest BCUT2D eigenvalue weighted by atomic mass is 9.91. The summed E-state index contributed by atoms with van der Waals surface area (Å²) in [6.07, 6.45) is 5.98. The molecule has 0 rings (SSSR count). The van der Waals surface area contributed by atoms with Crippen molar-refractivity contribution in [1.29, 1.82) is 0 Å². The van der Waals surface area contributed by atoms with E-state index in [0.717, 1.165) is 25.7 Å². The fourth-order valence-electron chi connectivity index (χ4n) is 1.30. The molecule has 0 aromatic heterocycles. The summed E-state index contributed by atoms with van der Waals surface area (Å²) < 4.78 is 0. The maximum Gasteiger partial charge on any atom is 0.103 e. The first-order valence-electron chi connectivity index (χ1n) is 4.89.